The van der Waals surface area contributed by atoms with Gasteiger partial charge in [-0.3, -0.25) is 4.98 Å². The molecule has 3 aromatic rings. The highest BCUT2D eigenvalue weighted by Gasteiger charge is 2.26. The highest BCUT2D eigenvalue weighted by Crippen LogP contribution is 2.34. The summed E-state index contributed by atoms with van der Waals surface area (Å²) in [4.78, 5) is 4.22. The van der Waals surface area contributed by atoms with E-state index >= 15 is 0 Å². The van der Waals surface area contributed by atoms with Crippen LogP contribution in [0.3, 0.4) is 0 Å². The Kier molecular flexibility index (Phi) is 4.42. The maximum Gasteiger partial charge on any atom is 0.211 e. The van der Waals surface area contributed by atoms with Gasteiger partial charge in [-0.05, 0) is 48.1 Å². The SMILES string of the molecule is CS(=O)(=O)N1CCC(Oc2cc(-c3ccoc3)cc3ccncc23)CC1. The summed E-state index contributed by atoms with van der Waals surface area (Å²) in [5.74, 6) is 0.768. The number of furan rings is 1. The largest absolute Gasteiger partial charge is 0.490 e. The molecule has 0 aliphatic carbocycles. The van der Waals surface area contributed by atoms with Crippen LogP contribution < -0.4 is 4.74 Å². The molecule has 1 aliphatic rings. The lowest BCUT2D eigenvalue weighted by atomic mass is 10.0. The summed E-state index contributed by atoms with van der Waals surface area (Å²) in [5.41, 5.74) is 2.00. The van der Waals surface area contributed by atoms with Gasteiger partial charge in [-0.15, -0.1) is 0 Å². The summed E-state index contributed by atoms with van der Waals surface area (Å²) in [6.07, 6.45) is 9.49. The minimum atomic E-state index is -3.14. The summed E-state index contributed by atoms with van der Waals surface area (Å²) in [6.45, 7) is 0.974. The van der Waals surface area contributed by atoms with Gasteiger partial charge in [-0.25, -0.2) is 12.7 Å². The molecule has 136 valence electrons. The number of pyridine rings is 1. The molecule has 1 fully saturated rings. The summed E-state index contributed by atoms with van der Waals surface area (Å²) < 4.78 is 36.3. The number of fused-ring (bicyclic) bond motifs is 1. The molecule has 4 rings (SSSR count). The predicted octanol–water partition coefficient (Wildman–Crippen LogP) is 3.30. The van der Waals surface area contributed by atoms with Crippen molar-refractivity contribution in [3.05, 3.63) is 49.2 Å². The normalized spacial score (nSPS) is 16.8. The minimum absolute atomic E-state index is 0.0176. The molecule has 0 atom stereocenters. The first-order valence-corrected chi connectivity index (χ1v) is 10.4. The molecule has 26 heavy (non-hydrogen) atoms. The first-order valence-electron chi connectivity index (χ1n) is 8.53. The number of aromatic nitrogens is 1. The zero-order valence-corrected chi connectivity index (χ0v) is 15.3. The lowest BCUT2D eigenvalue weighted by Gasteiger charge is -2.30. The van der Waals surface area contributed by atoms with Crippen molar-refractivity contribution in [2.24, 2.45) is 0 Å². The third-order valence-electron chi connectivity index (χ3n) is 4.74. The van der Waals surface area contributed by atoms with E-state index in [-0.39, 0.29) is 6.10 Å². The van der Waals surface area contributed by atoms with Crippen molar-refractivity contribution in [3.8, 4) is 16.9 Å². The van der Waals surface area contributed by atoms with Gasteiger partial charge in [-0.2, -0.15) is 0 Å². The van der Waals surface area contributed by atoms with Crippen molar-refractivity contribution in [2.75, 3.05) is 19.3 Å². The Balaban J connectivity index is 1.62. The number of ether oxygens (including phenoxy) is 1. The van der Waals surface area contributed by atoms with Gasteiger partial charge >= 0.3 is 0 Å². The molecule has 1 aliphatic heterocycles. The Bertz CT molecular complexity index is 1010. The molecule has 0 bridgehead atoms. The molecule has 0 saturated carbocycles. The second-order valence-electron chi connectivity index (χ2n) is 6.56. The van der Waals surface area contributed by atoms with E-state index in [4.69, 9.17) is 9.15 Å². The summed E-state index contributed by atoms with van der Waals surface area (Å²) >= 11 is 0. The maximum atomic E-state index is 11.7. The Morgan fingerprint density at radius 3 is 2.69 bits per heavy atom. The van der Waals surface area contributed by atoms with Crippen LogP contribution in [0.1, 0.15) is 12.8 Å². The number of nitrogens with zero attached hydrogens (tertiary/aromatic N) is 2. The number of piperidine rings is 1. The fourth-order valence-corrected chi connectivity index (χ4v) is 4.19. The van der Waals surface area contributed by atoms with E-state index in [9.17, 15) is 8.42 Å². The molecule has 0 radical (unpaired) electrons. The topological polar surface area (TPSA) is 72.6 Å². The van der Waals surface area contributed by atoms with Gasteiger partial charge in [0.2, 0.25) is 10.0 Å². The van der Waals surface area contributed by atoms with Crippen LogP contribution in [0.4, 0.5) is 0 Å². The average molecular weight is 372 g/mol. The van der Waals surface area contributed by atoms with Gasteiger partial charge in [0.25, 0.3) is 0 Å². The minimum Gasteiger partial charge on any atom is -0.490 e. The van der Waals surface area contributed by atoms with Crippen LogP contribution in [0.15, 0.2) is 53.6 Å². The maximum absolute atomic E-state index is 11.7. The van der Waals surface area contributed by atoms with E-state index in [0.717, 1.165) is 27.6 Å². The first-order chi connectivity index (χ1) is 12.5. The molecule has 1 saturated heterocycles. The van der Waals surface area contributed by atoms with Crippen molar-refractivity contribution in [2.45, 2.75) is 18.9 Å². The van der Waals surface area contributed by atoms with Crippen LogP contribution in [-0.2, 0) is 10.0 Å². The lowest BCUT2D eigenvalue weighted by molar-refractivity contribution is 0.137. The Hall–Kier alpha value is -2.38. The van der Waals surface area contributed by atoms with Crippen molar-refractivity contribution in [1.82, 2.24) is 9.29 Å². The second kappa shape index (κ2) is 6.74. The molecule has 6 nitrogen and oxygen atoms in total. The van der Waals surface area contributed by atoms with Crippen LogP contribution in [0.5, 0.6) is 5.75 Å². The lowest BCUT2D eigenvalue weighted by Crippen LogP contribution is -2.41. The quantitative estimate of drug-likeness (QED) is 0.703. The summed E-state index contributed by atoms with van der Waals surface area (Å²) in [5, 5.41) is 1.99. The molecule has 0 spiro atoms. The van der Waals surface area contributed by atoms with Gasteiger partial charge in [0, 0.05) is 36.4 Å². The zero-order chi connectivity index (χ0) is 18.1. The van der Waals surface area contributed by atoms with Crippen molar-refractivity contribution >= 4 is 20.8 Å². The number of benzene rings is 1. The molecule has 0 N–H and O–H groups in total. The molecular weight excluding hydrogens is 352 g/mol. The Morgan fingerprint density at radius 2 is 2.00 bits per heavy atom. The molecule has 0 amide bonds. The Morgan fingerprint density at radius 1 is 1.19 bits per heavy atom. The standard InChI is InChI=1S/C19H20N2O4S/c1-26(22,23)21-7-3-17(4-8-21)25-19-11-16(15-5-9-24-13-15)10-14-2-6-20-12-18(14)19/h2,5-6,9-13,17H,3-4,7-8H2,1H3. The summed E-state index contributed by atoms with van der Waals surface area (Å²) in [6, 6.07) is 7.95. The number of hydrogen-bond donors (Lipinski definition) is 0. The zero-order valence-electron chi connectivity index (χ0n) is 14.5. The van der Waals surface area contributed by atoms with Crippen molar-refractivity contribution in [1.29, 1.82) is 0 Å². The van der Waals surface area contributed by atoms with Crippen molar-refractivity contribution < 1.29 is 17.6 Å². The van der Waals surface area contributed by atoms with E-state index < -0.39 is 10.0 Å². The molecule has 7 heteroatoms. The van der Waals surface area contributed by atoms with Crippen molar-refractivity contribution in [3.63, 3.8) is 0 Å². The fraction of sp³-hybridized carbons (Fsp3) is 0.316. The molecular formula is C19H20N2O4S. The number of rotatable bonds is 4. The van der Waals surface area contributed by atoms with E-state index in [0.29, 0.717) is 25.9 Å². The van der Waals surface area contributed by atoms with E-state index in [1.807, 2.05) is 18.2 Å². The Labute approximate surface area is 152 Å². The third-order valence-corrected chi connectivity index (χ3v) is 6.04. The van der Waals surface area contributed by atoms with Gasteiger partial charge in [0.1, 0.15) is 11.9 Å². The van der Waals surface area contributed by atoms with E-state index in [1.54, 1.807) is 24.9 Å². The molecule has 2 aromatic heterocycles. The highest BCUT2D eigenvalue weighted by molar-refractivity contribution is 7.88. The molecule has 3 heterocycles. The number of sulfonamides is 1. The van der Waals surface area contributed by atoms with Crippen LogP contribution in [0.2, 0.25) is 0 Å². The van der Waals surface area contributed by atoms with E-state index in [1.165, 1.54) is 10.6 Å². The smallest absolute Gasteiger partial charge is 0.211 e. The van der Waals surface area contributed by atoms with Gasteiger partial charge in [0.05, 0.1) is 18.8 Å². The van der Waals surface area contributed by atoms with Crippen LogP contribution in [-0.4, -0.2) is 43.2 Å². The fourth-order valence-electron chi connectivity index (χ4n) is 3.32. The van der Waals surface area contributed by atoms with Crippen LogP contribution >= 0.6 is 0 Å². The summed E-state index contributed by atoms with van der Waals surface area (Å²) in [7, 11) is -3.14. The van der Waals surface area contributed by atoms with Gasteiger partial charge in [-0.1, -0.05) is 0 Å². The highest BCUT2D eigenvalue weighted by atomic mass is 32.2. The van der Waals surface area contributed by atoms with Gasteiger partial charge in [0.15, 0.2) is 0 Å². The van der Waals surface area contributed by atoms with E-state index in [2.05, 4.69) is 11.1 Å². The third kappa shape index (κ3) is 3.45. The molecule has 1 aromatic carbocycles. The second-order valence-corrected chi connectivity index (χ2v) is 8.54. The monoisotopic (exact) mass is 372 g/mol. The number of hydrogen-bond acceptors (Lipinski definition) is 5. The van der Waals surface area contributed by atoms with Crippen LogP contribution in [0.25, 0.3) is 21.9 Å². The predicted molar refractivity (Wildman–Crippen MR) is 99.5 cm³/mol. The van der Waals surface area contributed by atoms with Gasteiger partial charge < -0.3 is 9.15 Å². The average Bonchev–Trinajstić information content (AvgIpc) is 3.16. The molecule has 0 unspecified atom stereocenters. The first kappa shape index (κ1) is 17.1. The van der Waals surface area contributed by atoms with Crippen LogP contribution in [0, 0.1) is 0 Å².